The normalized spacial score (nSPS) is 9.93. The Morgan fingerprint density at radius 3 is 2.43 bits per heavy atom. The lowest BCUT2D eigenvalue weighted by atomic mass is 10.2. The Bertz CT molecular complexity index is 379. The highest BCUT2D eigenvalue weighted by Crippen LogP contribution is 2.18. The van der Waals surface area contributed by atoms with Crippen molar-refractivity contribution in [3.05, 3.63) is 46.0 Å². The van der Waals surface area contributed by atoms with Crippen molar-refractivity contribution in [2.45, 2.75) is 0 Å². The molecule has 0 heterocycles. The summed E-state index contributed by atoms with van der Waals surface area (Å²) in [5.41, 5.74) is 0.755. The standard InChI is InChI=1S/C11H8Cl2O/c12-10-6-9(7-11(13)8-10)4-2-1-3-5-14/h1,3,6-8,14H,5H2/b3-1+. The summed E-state index contributed by atoms with van der Waals surface area (Å²) < 4.78 is 0. The minimum atomic E-state index is -0.00895. The van der Waals surface area contributed by atoms with Gasteiger partial charge in [-0.15, -0.1) is 0 Å². The first-order valence-electron chi connectivity index (χ1n) is 3.96. The Labute approximate surface area is 93.0 Å². The van der Waals surface area contributed by atoms with Gasteiger partial charge in [-0.25, -0.2) is 0 Å². The molecule has 0 saturated heterocycles. The lowest BCUT2D eigenvalue weighted by molar-refractivity contribution is 0.343. The van der Waals surface area contributed by atoms with Gasteiger partial charge in [-0.2, -0.15) is 0 Å². The molecule has 72 valence electrons. The minimum Gasteiger partial charge on any atom is -0.392 e. The van der Waals surface area contributed by atoms with Crippen LogP contribution >= 0.6 is 23.2 Å². The van der Waals surface area contributed by atoms with E-state index in [2.05, 4.69) is 11.8 Å². The maximum Gasteiger partial charge on any atom is 0.0621 e. The van der Waals surface area contributed by atoms with Crippen LogP contribution in [0.5, 0.6) is 0 Å². The van der Waals surface area contributed by atoms with Crippen molar-refractivity contribution in [1.29, 1.82) is 0 Å². The van der Waals surface area contributed by atoms with Crippen molar-refractivity contribution >= 4 is 23.2 Å². The van der Waals surface area contributed by atoms with E-state index in [1.54, 1.807) is 30.4 Å². The van der Waals surface area contributed by atoms with Gasteiger partial charge in [-0.1, -0.05) is 41.1 Å². The molecule has 0 aliphatic heterocycles. The number of aliphatic hydroxyl groups is 1. The zero-order valence-corrected chi connectivity index (χ0v) is 8.81. The first-order valence-corrected chi connectivity index (χ1v) is 4.71. The second-order valence-corrected chi connectivity index (χ2v) is 3.39. The fourth-order valence-corrected chi connectivity index (χ4v) is 1.39. The van der Waals surface area contributed by atoms with Crippen LogP contribution < -0.4 is 0 Å². The van der Waals surface area contributed by atoms with Crippen molar-refractivity contribution in [2.24, 2.45) is 0 Å². The van der Waals surface area contributed by atoms with Gasteiger partial charge >= 0.3 is 0 Å². The lowest BCUT2D eigenvalue weighted by Gasteiger charge is -1.93. The third-order valence-corrected chi connectivity index (χ3v) is 1.82. The van der Waals surface area contributed by atoms with Crippen LogP contribution in [0.15, 0.2) is 30.4 Å². The van der Waals surface area contributed by atoms with Crippen LogP contribution in [0.3, 0.4) is 0 Å². The molecule has 0 aliphatic rings. The Kier molecular flexibility index (Phi) is 4.55. The van der Waals surface area contributed by atoms with Crippen LogP contribution in [-0.4, -0.2) is 11.7 Å². The van der Waals surface area contributed by atoms with E-state index < -0.39 is 0 Å². The van der Waals surface area contributed by atoms with Crippen LogP contribution in [0.2, 0.25) is 10.0 Å². The van der Waals surface area contributed by atoms with Gasteiger partial charge in [0.15, 0.2) is 0 Å². The predicted molar refractivity (Wildman–Crippen MR) is 59.6 cm³/mol. The molecule has 0 bridgehead atoms. The number of benzene rings is 1. The van der Waals surface area contributed by atoms with E-state index >= 15 is 0 Å². The average Bonchev–Trinajstić information content (AvgIpc) is 2.11. The molecule has 1 N–H and O–H groups in total. The summed E-state index contributed by atoms with van der Waals surface area (Å²) in [6, 6.07) is 5.11. The van der Waals surface area contributed by atoms with E-state index in [4.69, 9.17) is 28.3 Å². The van der Waals surface area contributed by atoms with E-state index in [1.165, 1.54) is 0 Å². The van der Waals surface area contributed by atoms with Crippen LogP contribution in [0.1, 0.15) is 5.56 Å². The molecule has 0 fully saturated rings. The quantitative estimate of drug-likeness (QED) is 0.731. The Morgan fingerprint density at radius 1 is 1.21 bits per heavy atom. The zero-order chi connectivity index (χ0) is 10.4. The largest absolute Gasteiger partial charge is 0.392 e. The maximum atomic E-state index is 8.45. The average molecular weight is 227 g/mol. The van der Waals surface area contributed by atoms with Crippen LogP contribution in [0, 0.1) is 11.8 Å². The van der Waals surface area contributed by atoms with Gasteiger partial charge in [0, 0.05) is 15.6 Å². The van der Waals surface area contributed by atoms with Gasteiger partial charge in [0.05, 0.1) is 6.61 Å². The number of aliphatic hydroxyl groups excluding tert-OH is 1. The smallest absolute Gasteiger partial charge is 0.0621 e. The van der Waals surface area contributed by atoms with Crippen molar-refractivity contribution in [2.75, 3.05) is 6.61 Å². The molecule has 0 aromatic heterocycles. The number of allylic oxidation sites excluding steroid dienone is 1. The Morgan fingerprint density at radius 2 is 1.86 bits per heavy atom. The second-order valence-electron chi connectivity index (χ2n) is 2.51. The molecule has 0 amide bonds. The summed E-state index contributed by atoms with van der Waals surface area (Å²) in [6.07, 6.45) is 3.13. The van der Waals surface area contributed by atoms with Gasteiger partial charge in [0.1, 0.15) is 0 Å². The third-order valence-electron chi connectivity index (χ3n) is 1.39. The molecule has 0 spiro atoms. The fraction of sp³-hybridized carbons (Fsp3) is 0.0909. The Balaban J connectivity index is 2.84. The minimum absolute atomic E-state index is 0.00895. The van der Waals surface area contributed by atoms with Crippen molar-refractivity contribution in [3.8, 4) is 11.8 Å². The summed E-state index contributed by atoms with van der Waals surface area (Å²) in [5, 5.41) is 9.58. The zero-order valence-electron chi connectivity index (χ0n) is 7.30. The highest BCUT2D eigenvalue weighted by molar-refractivity contribution is 6.34. The molecular formula is C11H8Cl2O. The summed E-state index contributed by atoms with van der Waals surface area (Å²) in [5.74, 6) is 5.59. The van der Waals surface area contributed by atoms with Gasteiger partial charge in [0.25, 0.3) is 0 Å². The molecule has 0 atom stereocenters. The molecule has 0 aliphatic carbocycles. The van der Waals surface area contributed by atoms with Crippen LogP contribution in [-0.2, 0) is 0 Å². The Hall–Kier alpha value is -0.940. The number of hydrogen-bond donors (Lipinski definition) is 1. The fourth-order valence-electron chi connectivity index (χ4n) is 0.863. The number of rotatable bonds is 1. The molecule has 1 nitrogen and oxygen atoms in total. The van der Waals surface area contributed by atoms with E-state index in [-0.39, 0.29) is 6.61 Å². The van der Waals surface area contributed by atoms with Gasteiger partial charge in [-0.3, -0.25) is 0 Å². The molecule has 1 rings (SSSR count). The van der Waals surface area contributed by atoms with Crippen molar-refractivity contribution in [1.82, 2.24) is 0 Å². The highest BCUT2D eigenvalue weighted by Gasteiger charge is 1.93. The van der Waals surface area contributed by atoms with Gasteiger partial charge in [0.2, 0.25) is 0 Å². The molecule has 0 saturated carbocycles. The van der Waals surface area contributed by atoms with Gasteiger partial charge < -0.3 is 5.11 Å². The maximum absolute atomic E-state index is 8.45. The highest BCUT2D eigenvalue weighted by atomic mass is 35.5. The predicted octanol–water partition coefficient (Wildman–Crippen LogP) is 2.89. The molecule has 3 heteroatoms. The summed E-state index contributed by atoms with van der Waals surface area (Å²) in [7, 11) is 0. The van der Waals surface area contributed by atoms with E-state index in [0.717, 1.165) is 5.56 Å². The molecule has 1 aromatic rings. The second kappa shape index (κ2) is 5.72. The van der Waals surface area contributed by atoms with Gasteiger partial charge in [-0.05, 0) is 24.3 Å². The first kappa shape index (κ1) is 11.1. The molecule has 0 unspecified atom stereocenters. The van der Waals surface area contributed by atoms with E-state index in [9.17, 15) is 0 Å². The molecule has 0 radical (unpaired) electrons. The third kappa shape index (κ3) is 3.85. The van der Waals surface area contributed by atoms with Crippen LogP contribution in [0.4, 0.5) is 0 Å². The van der Waals surface area contributed by atoms with Crippen molar-refractivity contribution < 1.29 is 5.11 Å². The topological polar surface area (TPSA) is 20.2 Å². The molecule has 14 heavy (non-hydrogen) atoms. The summed E-state index contributed by atoms with van der Waals surface area (Å²) in [6.45, 7) is -0.00895. The van der Waals surface area contributed by atoms with E-state index in [1.807, 2.05) is 0 Å². The summed E-state index contributed by atoms with van der Waals surface area (Å²) in [4.78, 5) is 0. The number of halogens is 2. The SMILES string of the molecule is OC/C=C/C#Cc1cc(Cl)cc(Cl)c1. The lowest BCUT2D eigenvalue weighted by Crippen LogP contribution is -1.74. The summed E-state index contributed by atoms with van der Waals surface area (Å²) >= 11 is 11.6. The van der Waals surface area contributed by atoms with Crippen molar-refractivity contribution in [3.63, 3.8) is 0 Å². The van der Waals surface area contributed by atoms with Crippen LogP contribution in [0.25, 0.3) is 0 Å². The first-order chi connectivity index (χ1) is 6.72. The molecular weight excluding hydrogens is 219 g/mol. The molecule has 1 aromatic carbocycles. The number of hydrogen-bond acceptors (Lipinski definition) is 1. The van der Waals surface area contributed by atoms with E-state index in [0.29, 0.717) is 10.0 Å². The monoisotopic (exact) mass is 226 g/mol.